The number of aliphatic hydroxyl groups excluding tert-OH is 1. The van der Waals surface area contributed by atoms with Gasteiger partial charge in [0.1, 0.15) is 30.0 Å². The smallest absolute Gasteiger partial charge is 0.226 e. The Morgan fingerprint density at radius 3 is 2.91 bits per heavy atom. The first-order valence-corrected chi connectivity index (χ1v) is 11.3. The van der Waals surface area contributed by atoms with Crippen molar-refractivity contribution >= 4 is 23.8 Å². The molecular formula is C23H30N8O2. The van der Waals surface area contributed by atoms with Crippen molar-refractivity contribution in [2.45, 2.75) is 44.8 Å². The Bertz CT molecular complexity index is 1140. The van der Waals surface area contributed by atoms with Crippen LogP contribution in [0.1, 0.15) is 24.0 Å². The van der Waals surface area contributed by atoms with Gasteiger partial charge in [-0.05, 0) is 43.9 Å². The minimum Gasteiger partial charge on any atom is -0.496 e. The molecule has 0 saturated carbocycles. The van der Waals surface area contributed by atoms with Gasteiger partial charge in [0, 0.05) is 19.7 Å². The molecule has 1 aromatic carbocycles. The van der Waals surface area contributed by atoms with E-state index in [0.29, 0.717) is 11.8 Å². The maximum absolute atomic E-state index is 9.85. The van der Waals surface area contributed by atoms with Gasteiger partial charge in [-0.3, -0.25) is 5.01 Å². The minimum absolute atomic E-state index is 0.0525. The molecule has 174 valence electrons. The average molecular weight is 451 g/mol. The van der Waals surface area contributed by atoms with Crippen LogP contribution in [-0.2, 0) is 0 Å². The van der Waals surface area contributed by atoms with Gasteiger partial charge in [0.25, 0.3) is 0 Å². The van der Waals surface area contributed by atoms with Crippen LogP contribution in [0.3, 0.4) is 0 Å². The summed E-state index contributed by atoms with van der Waals surface area (Å²) < 4.78 is 7.46. The predicted molar refractivity (Wildman–Crippen MR) is 129 cm³/mol. The number of ether oxygens (including phenoxy) is 1. The van der Waals surface area contributed by atoms with E-state index in [1.807, 2.05) is 42.0 Å². The summed E-state index contributed by atoms with van der Waals surface area (Å²) in [7, 11) is 3.62. The number of aromatic nitrogens is 2. The number of methoxy groups -OCH3 is 1. The molecule has 5 rings (SSSR count). The van der Waals surface area contributed by atoms with E-state index in [1.165, 1.54) is 0 Å². The lowest BCUT2D eigenvalue weighted by Gasteiger charge is -2.35. The average Bonchev–Trinajstić information content (AvgIpc) is 3.55. The quantitative estimate of drug-likeness (QED) is 0.737. The number of hydrazone groups is 1. The molecule has 0 amide bonds. The lowest BCUT2D eigenvalue weighted by molar-refractivity contribution is 0.198. The number of aliphatic hydroxyl groups is 1. The number of guanidine groups is 1. The van der Waals surface area contributed by atoms with E-state index in [-0.39, 0.29) is 24.7 Å². The van der Waals surface area contributed by atoms with Gasteiger partial charge in [0.2, 0.25) is 5.96 Å². The molecule has 0 spiro atoms. The third-order valence-corrected chi connectivity index (χ3v) is 6.71. The zero-order chi connectivity index (χ0) is 23.1. The van der Waals surface area contributed by atoms with Crippen molar-refractivity contribution in [3.8, 4) is 11.4 Å². The number of aliphatic imine (C=N–C) groups is 2. The second-order valence-corrected chi connectivity index (χ2v) is 8.75. The van der Waals surface area contributed by atoms with Crippen molar-refractivity contribution < 1.29 is 9.84 Å². The van der Waals surface area contributed by atoms with Gasteiger partial charge < -0.3 is 24.6 Å². The van der Waals surface area contributed by atoms with Crippen molar-refractivity contribution in [3.63, 3.8) is 0 Å². The van der Waals surface area contributed by atoms with Gasteiger partial charge in [-0.25, -0.2) is 9.98 Å². The second kappa shape index (κ2) is 8.51. The fourth-order valence-electron chi connectivity index (χ4n) is 4.75. The number of nitrogens with one attached hydrogen (secondary N) is 1. The molecule has 3 atom stereocenters. The van der Waals surface area contributed by atoms with Gasteiger partial charge >= 0.3 is 0 Å². The Labute approximate surface area is 193 Å². The summed E-state index contributed by atoms with van der Waals surface area (Å²) in [5.41, 5.74) is 3.25. The fraction of sp³-hybridized carbons (Fsp3) is 0.478. The summed E-state index contributed by atoms with van der Waals surface area (Å²) in [6.07, 6.45) is 7.52. The van der Waals surface area contributed by atoms with Crippen LogP contribution in [0.15, 0.2) is 39.7 Å². The summed E-state index contributed by atoms with van der Waals surface area (Å²) in [5, 5.41) is 19.5. The summed E-state index contributed by atoms with van der Waals surface area (Å²) in [6.45, 7) is 5.11. The highest BCUT2D eigenvalue weighted by atomic mass is 16.5. The molecular weight excluding hydrogens is 420 g/mol. The first kappa shape index (κ1) is 21.4. The van der Waals surface area contributed by atoms with Gasteiger partial charge in [-0.1, -0.05) is 0 Å². The Balaban J connectivity index is 1.42. The van der Waals surface area contributed by atoms with Crippen LogP contribution in [0.25, 0.3) is 5.69 Å². The van der Waals surface area contributed by atoms with E-state index in [4.69, 9.17) is 14.7 Å². The molecule has 33 heavy (non-hydrogen) atoms. The highest BCUT2D eigenvalue weighted by Gasteiger charge is 2.41. The number of imidazole rings is 1. The van der Waals surface area contributed by atoms with Crippen LogP contribution >= 0.6 is 0 Å². The van der Waals surface area contributed by atoms with Crippen LogP contribution in [-0.4, -0.2) is 88.0 Å². The topological polar surface area (TPSA) is 103 Å². The van der Waals surface area contributed by atoms with E-state index >= 15 is 0 Å². The van der Waals surface area contributed by atoms with E-state index in [2.05, 4.69) is 33.3 Å². The lowest BCUT2D eigenvalue weighted by atomic mass is 10.1. The number of anilines is 1. The molecule has 10 nitrogen and oxygen atoms in total. The van der Waals surface area contributed by atoms with Crippen LogP contribution in [0.2, 0.25) is 0 Å². The summed E-state index contributed by atoms with van der Waals surface area (Å²) in [6, 6.07) is 4.01. The number of aryl methyl sites for hydroxylation is 1. The van der Waals surface area contributed by atoms with Gasteiger partial charge in [0.05, 0.1) is 37.9 Å². The standard InChI is InChI=1S/C23H30N8O2/c1-14-8-17(9-19(33-4)15(14)2)30-11-20(24-13-30)27-23-26-18-10-25-29(3)21(18)22(28-23)31-7-5-6-16(31)12-32/h8-11,13,16,18,21,32H,5-7,12H2,1-4H3,(H,26,27)/t16-,18?,21?/m0/s1. The van der Waals surface area contributed by atoms with E-state index in [0.717, 1.165) is 47.8 Å². The van der Waals surface area contributed by atoms with Crippen LogP contribution in [0, 0.1) is 13.8 Å². The van der Waals surface area contributed by atoms with Crippen molar-refractivity contribution in [3.05, 3.63) is 35.8 Å². The van der Waals surface area contributed by atoms with Crippen LogP contribution in [0.4, 0.5) is 5.82 Å². The van der Waals surface area contributed by atoms with Crippen molar-refractivity contribution in [2.75, 3.05) is 32.6 Å². The molecule has 1 aromatic heterocycles. The number of benzene rings is 1. The van der Waals surface area contributed by atoms with Crippen molar-refractivity contribution in [2.24, 2.45) is 15.1 Å². The Kier molecular flexibility index (Phi) is 5.53. The molecule has 1 saturated heterocycles. The summed E-state index contributed by atoms with van der Waals surface area (Å²) in [4.78, 5) is 16.3. The normalized spacial score (nSPS) is 24.1. The Morgan fingerprint density at radius 2 is 2.12 bits per heavy atom. The maximum Gasteiger partial charge on any atom is 0.226 e. The minimum atomic E-state index is -0.129. The number of rotatable bonds is 4. The molecule has 1 fully saturated rings. The summed E-state index contributed by atoms with van der Waals surface area (Å²) >= 11 is 0. The van der Waals surface area contributed by atoms with E-state index in [1.54, 1.807) is 13.4 Å². The maximum atomic E-state index is 9.85. The van der Waals surface area contributed by atoms with Gasteiger partial charge in [0.15, 0.2) is 5.82 Å². The number of hydrogen-bond donors (Lipinski definition) is 2. The van der Waals surface area contributed by atoms with E-state index in [9.17, 15) is 5.11 Å². The zero-order valence-corrected chi connectivity index (χ0v) is 19.4. The van der Waals surface area contributed by atoms with Crippen LogP contribution < -0.4 is 10.1 Å². The SMILES string of the molecule is COc1cc(-n2cnc(NC3=NC4C=NN(C)C4C(N4CCC[C@H]4CO)=N3)c2)cc(C)c1C. The monoisotopic (exact) mass is 450 g/mol. The summed E-state index contributed by atoms with van der Waals surface area (Å²) in [5.74, 6) is 2.89. The number of amidine groups is 1. The largest absolute Gasteiger partial charge is 0.496 e. The number of likely N-dealkylation sites (tertiary alicyclic amines) is 1. The number of hydrogen-bond acceptors (Lipinski definition) is 9. The fourth-order valence-corrected chi connectivity index (χ4v) is 4.75. The molecule has 10 heteroatoms. The molecule has 0 radical (unpaired) electrons. The first-order valence-electron chi connectivity index (χ1n) is 11.3. The number of likely N-dealkylation sites (N-methyl/N-ethyl adjacent to an activating group) is 1. The molecule has 0 aliphatic carbocycles. The molecule has 3 aliphatic rings. The first-order chi connectivity index (χ1) is 16.0. The number of nitrogens with zero attached hydrogens (tertiary/aromatic N) is 7. The molecule has 2 N–H and O–H groups in total. The second-order valence-electron chi connectivity index (χ2n) is 8.75. The third kappa shape index (κ3) is 3.84. The van der Waals surface area contributed by atoms with Gasteiger partial charge in [-0.15, -0.1) is 0 Å². The highest BCUT2D eigenvalue weighted by Crippen LogP contribution is 2.28. The third-order valence-electron chi connectivity index (χ3n) is 6.71. The zero-order valence-electron chi connectivity index (χ0n) is 19.4. The van der Waals surface area contributed by atoms with Crippen molar-refractivity contribution in [1.29, 1.82) is 0 Å². The molecule has 4 heterocycles. The Hall–Kier alpha value is -3.40. The van der Waals surface area contributed by atoms with Crippen molar-refractivity contribution in [1.82, 2.24) is 19.5 Å². The van der Waals surface area contributed by atoms with Crippen LogP contribution in [0.5, 0.6) is 5.75 Å². The predicted octanol–water partition coefficient (Wildman–Crippen LogP) is 1.80. The molecule has 0 bridgehead atoms. The highest BCUT2D eigenvalue weighted by molar-refractivity contribution is 6.08. The molecule has 2 unspecified atom stereocenters. The van der Waals surface area contributed by atoms with Gasteiger partial charge in [-0.2, -0.15) is 10.1 Å². The number of fused-ring (bicyclic) bond motifs is 1. The van der Waals surface area contributed by atoms with E-state index < -0.39 is 0 Å². The lowest BCUT2D eigenvalue weighted by Crippen LogP contribution is -2.53. The molecule has 2 aromatic rings. The Morgan fingerprint density at radius 1 is 1.27 bits per heavy atom. The molecule has 3 aliphatic heterocycles.